The maximum absolute atomic E-state index is 12.4. The van der Waals surface area contributed by atoms with Gasteiger partial charge in [0.25, 0.3) is 10.0 Å². The standard InChI is InChI=1S/C18H22N2O3S/c1-14-3-9-18(10-4-14)24(21,22)19-15-5-7-16(8-6-15)20-12-11-17(13-20)23-2/h3-10,17,19H,11-13H2,1-2H3. The van der Waals surface area contributed by atoms with Crippen molar-refractivity contribution < 1.29 is 13.2 Å². The van der Waals surface area contributed by atoms with E-state index in [1.165, 1.54) is 0 Å². The molecule has 1 atom stereocenters. The molecule has 0 saturated carbocycles. The molecular weight excluding hydrogens is 324 g/mol. The molecule has 6 heteroatoms. The van der Waals surface area contributed by atoms with Gasteiger partial charge in [-0.1, -0.05) is 17.7 Å². The van der Waals surface area contributed by atoms with Crippen LogP contribution in [0.4, 0.5) is 11.4 Å². The second kappa shape index (κ2) is 6.83. The smallest absolute Gasteiger partial charge is 0.261 e. The Morgan fingerprint density at radius 1 is 1.08 bits per heavy atom. The fourth-order valence-corrected chi connectivity index (χ4v) is 3.89. The van der Waals surface area contributed by atoms with E-state index in [0.717, 1.165) is 30.8 Å². The van der Waals surface area contributed by atoms with Gasteiger partial charge in [0.15, 0.2) is 0 Å². The first-order valence-electron chi connectivity index (χ1n) is 7.95. The molecule has 1 aliphatic rings. The lowest BCUT2D eigenvalue weighted by atomic mass is 10.2. The Bertz CT molecular complexity index is 786. The van der Waals surface area contributed by atoms with Gasteiger partial charge in [-0.25, -0.2) is 8.42 Å². The summed E-state index contributed by atoms with van der Waals surface area (Å²) in [6.07, 6.45) is 1.28. The topological polar surface area (TPSA) is 58.6 Å². The van der Waals surface area contributed by atoms with E-state index in [1.807, 2.05) is 19.1 Å². The number of benzene rings is 2. The number of anilines is 2. The van der Waals surface area contributed by atoms with E-state index in [1.54, 1.807) is 43.5 Å². The van der Waals surface area contributed by atoms with Crippen LogP contribution in [0.2, 0.25) is 0 Å². The van der Waals surface area contributed by atoms with E-state index in [0.29, 0.717) is 5.69 Å². The fraction of sp³-hybridized carbons (Fsp3) is 0.333. The zero-order valence-corrected chi connectivity index (χ0v) is 14.7. The summed E-state index contributed by atoms with van der Waals surface area (Å²) in [5.74, 6) is 0. The molecule has 0 spiro atoms. The highest BCUT2D eigenvalue weighted by Crippen LogP contribution is 2.24. The summed E-state index contributed by atoms with van der Waals surface area (Å²) in [4.78, 5) is 2.51. The van der Waals surface area contributed by atoms with Gasteiger partial charge < -0.3 is 9.64 Å². The van der Waals surface area contributed by atoms with E-state index in [4.69, 9.17) is 4.74 Å². The molecule has 3 rings (SSSR count). The molecular formula is C18H22N2O3S. The van der Waals surface area contributed by atoms with Crippen LogP contribution in [0, 0.1) is 6.92 Å². The normalized spacial score (nSPS) is 17.9. The summed E-state index contributed by atoms with van der Waals surface area (Å²) >= 11 is 0. The number of nitrogens with one attached hydrogen (secondary N) is 1. The molecule has 5 nitrogen and oxygen atoms in total. The van der Waals surface area contributed by atoms with Crippen molar-refractivity contribution in [1.82, 2.24) is 0 Å². The molecule has 1 saturated heterocycles. The lowest BCUT2D eigenvalue weighted by Crippen LogP contribution is -2.22. The molecule has 1 aliphatic heterocycles. The van der Waals surface area contributed by atoms with Crippen LogP contribution in [0.15, 0.2) is 53.4 Å². The molecule has 0 bridgehead atoms. The molecule has 24 heavy (non-hydrogen) atoms. The summed E-state index contributed by atoms with van der Waals surface area (Å²) in [7, 11) is -1.83. The first kappa shape index (κ1) is 16.8. The van der Waals surface area contributed by atoms with Crippen molar-refractivity contribution in [3.8, 4) is 0 Å². The molecule has 1 unspecified atom stereocenters. The van der Waals surface area contributed by atoms with Gasteiger partial charge in [0.05, 0.1) is 11.0 Å². The van der Waals surface area contributed by atoms with Gasteiger partial charge in [0, 0.05) is 31.6 Å². The first-order chi connectivity index (χ1) is 11.5. The molecule has 0 amide bonds. The van der Waals surface area contributed by atoms with Crippen LogP contribution < -0.4 is 9.62 Å². The van der Waals surface area contributed by atoms with Crippen LogP contribution in [0.3, 0.4) is 0 Å². The average molecular weight is 346 g/mol. The van der Waals surface area contributed by atoms with E-state index in [-0.39, 0.29) is 11.0 Å². The Labute approximate surface area is 143 Å². The molecule has 1 fully saturated rings. The zero-order chi connectivity index (χ0) is 17.2. The quantitative estimate of drug-likeness (QED) is 0.904. The highest BCUT2D eigenvalue weighted by molar-refractivity contribution is 7.92. The number of sulfonamides is 1. The Balaban J connectivity index is 1.71. The van der Waals surface area contributed by atoms with Crippen LogP contribution in [0.1, 0.15) is 12.0 Å². The van der Waals surface area contributed by atoms with Crippen LogP contribution in [0.25, 0.3) is 0 Å². The maximum atomic E-state index is 12.4. The van der Waals surface area contributed by atoms with Gasteiger partial charge in [-0.2, -0.15) is 0 Å². The number of methoxy groups -OCH3 is 1. The molecule has 1 heterocycles. The minimum absolute atomic E-state index is 0.264. The summed E-state index contributed by atoms with van der Waals surface area (Å²) in [5, 5.41) is 0. The van der Waals surface area contributed by atoms with Crippen LogP contribution >= 0.6 is 0 Å². The van der Waals surface area contributed by atoms with E-state index < -0.39 is 10.0 Å². The third-order valence-electron chi connectivity index (χ3n) is 4.29. The molecule has 1 N–H and O–H groups in total. The Kier molecular flexibility index (Phi) is 4.78. The fourth-order valence-electron chi connectivity index (χ4n) is 2.83. The zero-order valence-electron chi connectivity index (χ0n) is 13.9. The van der Waals surface area contributed by atoms with Crippen LogP contribution in [-0.4, -0.2) is 34.7 Å². The number of ether oxygens (including phenoxy) is 1. The molecule has 2 aromatic carbocycles. The van der Waals surface area contributed by atoms with Crippen molar-refractivity contribution >= 4 is 21.4 Å². The van der Waals surface area contributed by atoms with Crippen molar-refractivity contribution in [2.45, 2.75) is 24.3 Å². The van der Waals surface area contributed by atoms with Gasteiger partial charge >= 0.3 is 0 Å². The lowest BCUT2D eigenvalue weighted by molar-refractivity contribution is 0.121. The first-order valence-corrected chi connectivity index (χ1v) is 9.43. The third-order valence-corrected chi connectivity index (χ3v) is 5.69. The van der Waals surface area contributed by atoms with Crippen molar-refractivity contribution in [1.29, 1.82) is 0 Å². The lowest BCUT2D eigenvalue weighted by Gasteiger charge is -2.19. The van der Waals surface area contributed by atoms with Gasteiger partial charge in [-0.3, -0.25) is 4.72 Å². The van der Waals surface area contributed by atoms with Gasteiger partial charge in [-0.05, 0) is 49.7 Å². The Morgan fingerprint density at radius 2 is 1.75 bits per heavy atom. The number of hydrogen-bond acceptors (Lipinski definition) is 4. The largest absolute Gasteiger partial charge is 0.380 e. The van der Waals surface area contributed by atoms with Crippen molar-refractivity contribution in [2.24, 2.45) is 0 Å². The SMILES string of the molecule is COC1CCN(c2ccc(NS(=O)(=O)c3ccc(C)cc3)cc2)C1. The third kappa shape index (κ3) is 3.71. The second-order valence-electron chi connectivity index (χ2n) is 6.06. The molecule has 0 aliphatic carbocycles. The van der Waals surface area contributed by atoms with Gasteiger partial charge in [0.2, 0.25) is 0 Å². The summed E-state index contributed by atoms with van der Waals surface area (Å²) in [6.45, 7) is 3.74. The van der Waals surface area contributed by atoms with Gasteiger partial charge in [0.1, 0.15) is 0 Å². The van der Waals surface area contributed by atoms with E-state index in [9.17, 15) is 8.42 Å². The second-order valence-corrected chi connectivity index (χ2v) is 7.74. The van der Waals surface area contributed by atoms with Crippen molar-refractivity contribution in [2.75, 3.05) is 29.8 Å². The average Bonchev–Trinajstić information content (AvgIpc) is 3.05. The van der Waals surface area contributed by atoms with Crippen LogP contribution in [0.5, 0.6) is 0 Å². The van der Waals surface area contributed by atoms with E-state index in [2.05, 4.69) is 9.62 Å². The minimum atomic E-state index is -3.56. The number of nitrogens with zero attached hydrogens (tertiary/aromatic N) is 1. The predicted molar refractivity (Wildman–Crippen MR) is 96.1 cm³/mol. The highest BCUT2D eigenvalue weighted by atomic mass is 32.2. The summed E-state index contributed by atoms with van der Waals surface area (Å²) in [6, 6.07) is 14.3. The molecule has 0 radical (unpaired) electrons. The minimum Gasteiger partial charge on any atom is -0.380 e. The van der Waals surface area contributed by atoms with E-state index >= 15 is 0 Å². The Hall–Kier alpha value is -2.05. The molecule has 0 aromatic heterocycles. The Morgan fingerprint density at radius 3 is 2.33 bits per heavy atom. The monoisotopic (exact) mass is 346 g/mol. The molecule has 2 aromatic rings. The summed E-state index contributed by atoms with van der Waals surface area (Å²) in [5.41, 5.74) is 2.66. The maximum Gasteiger partial charge on any atom is 0.261 e. The summed E-state index contributed by atoms with van der Waals surface area (Å²) < 4.78 is 32.8. The van der Waals surface area contributed by atoms with Crippen molar-refractivity contribution in [3.63, 3.8) is 0 Å². The number of rotatable bonds is 5. The number of hydrogen-bond donors (Lipinski definition) is 1. The van der Waals surface area contributed by atoms with Crippen LogP contribution in [-0.2, 0) is 14.8 Å². The molecule has 128 valence electrons. The highest BCUT2D eigenvalue weighted by Gasteiger charge is 2.22. The number of aryl methyl sites for hydroxylation is 1. The van der Waals surface area contributed by atoms with Gasteiger partial charge in [-0.15, -0.1) is 0 Å². The predicted octanol–water partition coefficient (Wildman–Crippen LogP) is 3.02. The van der Waals surface area contributed by atoms with Crippen molar-refractivity contribution in [3.05, 3.63) is 54.1 Å².